The highest BCUT2D eigenvalue weighted by atomic mass is 35.5. The fraction of sp³-hybridized carbons (Fsp3) is 0.636. The fourth-order valence-corrected chi connectivity index (χ4v) is 2.01. The second kappa shape index (κ2) is 6.01. The second-order valence-electron chi connectivity index (χ2n) is 3.81. The Morgan fingerprint density at radius 2 is 2.19 bits per heavy atom. The number of halogens is 1. The molecule has 5 heteroatoms. The molecule has 0 spiro atoms. The van der Waals surface area contributed by atoms with Crippen molar-refractivity contribution in [2.24, 2.45) is 0 Å². The molecule has 4 nitrogen and oxygen atoms in total. The minimum Gasteiger partial charge on any atom is -0.377 e. The van der Waals surface area contributed by atoms with Crippen molar-refractivity contribution in [3.05, 3.63) is 18.6 Å². The summed E-state index contributed by atoms with van der Waals surface area (Å²) in [6.45, 7) is 2.61. The maximum Gasteiger partial charge on any atom is 0.147 e. The SMILES string of the molecule is ClCCOC1CCN(c2cnccn2)CC1. The van der Waals surface area contributed by atoms with Crippen molar-refractivity contribution in [1.29, 1.82) is 0 Å². The molecule has 1 saturated heterocycles. The lowest BCUT2D eigenvalue weighted by Crippen LogP contribution is -2.37. The van der Waals surface area contributed by atoms with Gasteiger partial charge in [0.2, 0.25) is 0 Å². The number of piperidine rings is 1. The Labute approximate surface area is 101 Å². The Morgan fingerprint density at radius 3 is 2.81 bits per heavy atom. The van der Waals surface area contributed by atoms with Gasteiger partial charge in [-0.3, -0.25) is 4.98 Å². The molecule has 1 aliphatic heterocycles. The van der Waals surface area contributed by atoms with E-state index in [4.69, 9.17) is 16.3 Å². The lowest BCUT2D eigenvalue weighted by atomic mass is 10.1. The summed E-state index contributed by atoms with van der Waals surface area (Å²) in [6.07, 6.45) is 7.65. The molecule has 2 rings (SSSR count). The van der Waals surface area contributed by atoms with Gasteiger partial charge >= 0.3 is 0 Å². The lowest BCUT2D eigenvalue weighted by Gasteiger charge is -2.32. The normalized spacial score (nSPS) is 17.7. The summed E-state index contributed by atoms with van der Waals surface area (Å²) in [7, 11) is 0. The molecule has 0 saturated carbocycles. The first-order valence-corrected chi connectivity index (χ1v) is 6.12. The van der Waals surface area contributed by atoms with Gasteiger partial charge < -0.3 is 9.64 Å². The number of alkyl halides is 1. The van der Waals surface area contributed by atoms with E-state index in [1.807, 2.05) is 0 Å². The minimum atomic E-state index is 0.353. The van der Waals surface area contributed by atoms with Gasteiger partial charge in [0.05, 0.1) is 18.9 Å². The maximum atomic E-state index is 5.62. The van der Waals surface area contributed by atoms with Crippen LogP contribution in [-0.4, -0.2) is 41.6 Å². The van der Waals surface area contributed by atoms with Gasteiger partial charge in [0.25, 0.3) is 0 Å². The van der Waals surface area contributed by atoms with Crippen LogP contribution in [0.25, 0.3) is 0 Å². The molecule has 1 aromatic rings. The Hall–Kier alpha value is -0.870. The third-order valence-electron chi connectivity index (χ3n) is 2.75. The molecule has 88 valence electrons. The summed E-state index contributed by atoms with van der Waals surface area (Å²) in [4.78, 5) is 10.6. The number of aromatic nitrogens is 2. The number of nitrogens with zero attached hydrogens (tertiary/aromatic N) is 3. The molecule has 0 aliphatic carbocycles. The van der Waals surface area contributed by atoms with Crippen molar-refractivity contribution >= 4 is 17.4 Å². The van der Waals surface area contributed by atoms with Crippen molar-refractivity contribution < 1.29 is 4.74 Å². The second-order valence-corrected chi connectivity index (χ2v) is 4.19. The van der Waals surface area contributed by atoms with Gasteiger partial charge in [-0.25, -0.2) is 4.98 Å². The van der Waals surface area contributed by atoms with Crippen LogP contribution in [0.2, 0.25) is 0 Å². The van der Waals surface area contributed by atoms with Gasteiger partial charge in [-0.05, 0) is 12.8 Å². The molecular formula is C11H16ClN3O. The molecule has 1 aromatic heterocycles. The topological polar surface area (TPSA) is 38.2 Å². The molecule has 0 radical (unpaired) electrons. The number of rotatable bonds is 4. The zero-order chi connectivity index (χ0) is 11.2. The van der Waals surface area contributed by atoms with Crippen LogP contribution in [0.15, 0.2) is 18.6 Å². The van der Waals surface area contributed by atoms with E-state index in [-0.39, 0.29) is 0 Å². The van der Waals surface area contributed by atoms with Crippen LogP contribution in [-0.2, 0) is 4.74 Å². The van der Waals surface area contributed by atoms with E-state index in [0.717, 1.165) is 31.7 Å². The minimum absolute atomic E-state index is 0.353. The molecule has 1 fully saturated rings. The van der Waals surface area contributed by atoms with Gasteiger partial charge in [-0.1, -0.05) is 0 Å². The zero-order valence-electron chi connectivity index (χ0n) is 9.18. The maximum absolute atomic E-state index is 5.62. The largest absolute Gasteiger partial charge is 0.377 e. The van der Waals surface area contributed by atoms with Crippen molar-refractivity contribution in [3.63, 3.8) is 0 Å². The molecule has 16 heavy (non-hydrogen) atoms. The van der Waals surface area contributed by atoms with Crippen molar-refractivity contribution in [2.45, 2.75) is 18.9 Å². The quantitative estimate of drug-likeness (QED) is 0.753. The predicted molar refractivity (Wildman–Crippen MR) is 63.9 cm³/mol. The third kappa shape index (κ3) is 3.06. The molecule has 0 atom stereocenters. The van der Waals surface area contributed by atoms with Crippen molar-refractivity contribution in [3.8, 4) is 0 Å². The van der Waals surface area contributed by atoms with Gasteiger partial charge in [0.15, 0.2) is 0 Å². The monoisotopic (exact) mass is 241 g/mol. The first-order valence-electron chi connectivity index (χ1n) is 5.58. The Morgan fingerprint density at radius 1 is 1.38 bits per heavy atom. The summed E-state index contributed by atoms with van der Waals surface area (Å²) >= 11 is 5.59. The van der Waals surface area contributed by atoms with Crippen LogP contribution >= 0.6 is 11.6 Å². The van der Waals surface area contributed by atoms with Crippen LogP contribution in [0, 0.1) is 0 Å². The number of anilines is 1. The van der Waals surface area contributed by atoms with E-state index in [1.165, 1.54) is 0 Å². The number of ether oxygens (including phenoxy) is 1. The average molecular weight is 242 g/mol. The molecule has 0 amide bonds. The number of hydrogen-bond acceptors (Lipinski definition) is 4. The van der Waals surface area contributed by atoms with E-state index in [0.29, 0.717) is 18.6 Å². The highest BCUT2D eigenvalue weighted by Gasteiger charge is 2.20. The average Bonchev–Trinajstić information content (AvgIpc) is 2.38. The van der Waals surface area contributed by atoms with Crippen molar-refractivity contribution in [2.75, 3.05) is 30.5 Å². The smallest absolute Gasteiger partial charge is 0.147 e. The summed E-state index contributed by atoms with van der Waals surface area (Å²) in [5, 5.41) is 0. The van der Waals surface area contributed by atoms with Crippen LogP contribution < -0.4 is 4.90 Å². The fourth-order valence-electron chi connectivity index (χ4n) is 1.92. The first-order chi connectivity index (χ1) is 7.90. The molecule has 0 N–H and O–H groups in total. The van der Waals surface area contributed by atoms with Crippen LogP contribution in [0.1, 0.15) is 12.8 Å². The third-order valence-corrected chi connectivity index (χ3v) is 2.90. The summed E-state index contributed by atoms with van der Waals surface area (Å²) in [5.41, 5.74) is 0. The molecule has 0 unspecified atom stereocenters. The Kier molecular flexibility index (Phi) is 4.36. The van der Waals surface area contributed by atoms with E-state index in [1.54, 1.807) is 18.6 Å². The van der Waals surface area contributed by atoms with E-state index in [9.17, 15) is 0 Å². The lowest BCUT2D eigenvalue weighted by molar-refractivity contribution is 0.0471. The first kappa shape index (κ1) is 11.6. The summed E-state index contributed by atoms with van der Waals surface area (Å²) in [5.74, 6) is 1.53. The highest BCUT2D eigenvalue weighted by molar-refractivity contribution is 6.17. The summed E-state index contributed by atoms with van der Waals surface area (Å²) in [6, 6.07) is 0. The standard InChI is InChI=1S/C11H16ClN3O/c12-3-8-16-10-1-6-15(7-2-10)11-9-13-4-5-14-11/h4-5,9-10H,1-3,6-8H2. The predicted octanol–water partition coefficient (Wildman–Crippen LogP) is 1.70. The van der Waals surface area contributed by atoms with Crippen molar-refractivity contribution in [1.82, 2.24) is 9.97 Å². The van der Waals surface area contributed by atoms with Gasteiger partial charge in [-0.2, -0.15) is 0 Å². The van der Waals surface area contributed by atoms with E-state index in [2.05, 4.69) is 14.9 Å². The van der Waals surface area contributed by atoms with E-state index < -0.39 is 0 Å². The molecule has 0 aromatic carbocycles. The van der Waals surface area contributed by atoms with Gasteiger partial charge in [0.1, 0.15) is 5.82 Å². The van der Waals surface area contributed by atoms with Crippen LogP contribution in [0.3, 0.4) is 0 Å². The number of hydrogen-bond donors (Lipinski definition) is 0. The molecule has 0 bridgehead atoms. The highest BCUT2D eigenvalue weighted by Crippen LogP contribution is 2.18. The van der Waals surface area contributed by atoms with Crippen LogP contribution in [0.4, 0.5) is 5.82 Å². The Balaban J connectivity index is 1.81. The molecular weight excluding hydrogens is 226 g/mol. The zero-order valence-corrected chi connectivity index (χ0v) is 9.94. The van der Waals surface area contributed by atoms with Gasteiger partial charge in [0, 0.05) is 31.4 Å². The van der Waals surface area contributed by atoms with Crippen LogP contribution in [0.5, 0.6) is 0 Å². The van der Waals surface area contributed by atoms with Gasteiger partial charge in [-0.15, -0.1) is 11.6 Å². The van der Waals surface area contributed by atoms with E-state index >= 15 is 0 Å². The molecule has 2 heterocycles. The molecule has 1 aliphatic rings. The Bertz CT molecular complexity index is 301. The summed E-state index contributed by atoms with van der Waals surface area (Å²) < 4.78 is 5.62.